The van der Waals surface area contributed by atoms with Gasteiger partial charge in [0.15, 0.2) is 0 Å². The zero-order valence-electron chi connectivity index (χ0n) is 10.8. The summed E-state index contributed by atoms with van der Waals surface area (Å²) in [4.78, 5) is 14.5. The Morgan fingerprint density at radius 3 is 1.83 bits per heavy atom. The van der Waals surface area contributed by atoms with Crippen LogP contribution in [0.1, 0.15) is 5.56 Å². The lowest BCUT2D eigenvalue weighted by Gasteiger charge is -2.32. The minimum absolute atomic E-state index is 0.0787. The van der Waals surface area contributed by atoms with Gasteiger partial charge in [-0.2, -0.15) is 39.5 Å². The van der Waals surface area contributed by atoms with Gasteiger partial charge >= 0.3 is 23.9 Å². The molecule has 1 amide bonds. The fraction of sp³-hybridized carbons (Fsp3) is 0.455. The fourth-order valence-electron chi connectivity index (χ4n) is 1.31. The number of halogens is 9. The largest absolute Gasteiger partial charge is 0.460 e. The standard InChI is InChI=1S/C11H7F9N2O/c12-8(13,9(14,15)10(16,17)11(18,19)20)7(23)22-5-6-1-3-21-4-2-6/h1-4H,5H2,(H,22,23). The zero-order valence-corrected chi connectivity index (χ0v) is 10.8. The van der Waals surface area contributed by atoms with Crippen LogP contribution in [0.5, 0.6) is 0 Å². The van der Waals surface area contributed by atoms with Gasteiger partial charge in [0.25, 0.3) is 5.91 Å². The lowest BCUT2D eigenvalue weighted by Crippen LogP contribution is -2.65. The molecule has 0 aliphatic rings. The van der Waals surface area contributed by atoms with E-state index in [0.29, 0.717) is 0 Å². The smallest absolute Gasteiger partial charge is 0.347 e. The average molecular weight is 354 g/mol. The molecular weight excluding hydrogens is 347 g/mol. The first-order chi connectivity index (χ1) is 10.2. The topological polar surface area (TPSA) is 42.0 Å². The summed E-state index contributed by atoms with van der Waals surface area (Å²) in [7, 11) is 0. The van der Waals surface area contributed by atoms with Gasteiger partial charge in [-0.15, -0.1) is 0 Å². The van der Waals surface area contributed by atoms with Crippen LogP contribution < -0.4 is 5.32 Å². The van der Waals surface area contributed by atoms with Gasteiger partial charge in [-0.05, 0) is 17.7 Å². The summed E-state index contributed by atoms with van der Waals surface area (Å²) in [5.74, 6) is -23.3. The number of hydrogen-bond donors (Lipinski definition) is 1. The highest BCUT2D eigenvalue weighted by atomic mass is 19.4. The molecule has 0 bridgehead atoms. The molecule has 3 nitrogen and oxygen atoms in total. The number of alkyl halides is 9. The van der Waals surface area contributed by atoms with Crippen LogP contribution >= 0.6 is 0 Å². The van der Waals surface area contributed by atoms with Crippen LogP contribution in [0.3, 0.4) is 0 Å². The van der Waals surface area contributed by atoms with Gasteiger partial charge in [0.1, 0.15) is 0 Å². The molecular formula is C11H7F9N2O. The summed E-state index contributed by atoms with van der Waals surface area (Å²) in [6.45, 7) is -0.801. The molecule has 1 N–H and O–H groups in total. The summed E-state index contributed by atoms with van der Waals surface area (Å²) in [6.07, 6.45) is -4.68. The molecule has 0 aliphatic carbocycles. The van der Waals surface area contributed by atoms with Crippen molar-refractivity contribution in [1.29, 1.82) is 0 Å². The normalized spacial score (nSPS) is 13.8. The molecule has 1 aromatic rings. The Hall–Kier alpha value is -2.01. The van der Waals surface area contributed by atoms with Crippen molar-refractivity contribution in [2.24, 2.45) is 0 Å². The average Bonchev–Trinajstić information content (AvgIpc) is 2.44. The Labute approximate surface area is 122 Å². The second-order valence-electron chi connectivity index (χ2n) is 4.26. The highest BCUT2D eigenvalue weighted by Gasteiger charge is 2.83. The number of aromatic nitrogens is 1. The number of hydrogen-bond acceptors (Lipinski definition) is 2. The molecule has 0 radical (unpaired) electrons. The van der Waals surface area contributed by atoms with Crippen LogP contribution in [-0.2, 0) is 11.3 Å². The first-order valence-electron chi connectivity index (χ1n) is 5.62. The van der Waals surface area contributed by atoms with E-state index in [1.165, 1.54) is 17.4 Å². The van der Waals surface area contributed by atoms with Gasteiger partial charge in [-0.3, -0.25) is 9.78 Å². The molecule has 23 heavy (non-hydrogen) atoms. The number of rotatable bonds is 5. The van der Waals surface area contributed by atoms with E-state index in [-0.39, 0.29) is 5.56 Å². The van der Waals surface area contributed by atoms with Crippen LogP contribution in [0, 0.1) is 0 Å². The Kier molecular flexibility index (Phi) is 4.87. The van der Waals surface area contributed by atoms with E-state index in [4.69, 9.17) is 0 Å². The van der Waals surface area contributed by atoms with E-state index in [1.54, 1.807) is 0 Å². The van der Waals surface area contributed by atoms with Gasteiger partial charge in [-0.1, -0.05) is 0 Å². The monoisotopic (exact) mass is 354 g/mol. The molecule has 0 atom stereocenters. The van der Waals surface area contributed by atoms with E-state index < -0.39 is 36.4 Å². The van der Waals surface area contributed by atoms with Crippen LogP contribution in [0.25, 0.3) is 0 Å². The maximum absolute atomic E-state index is 13.2. The van der Waals surface area contributed by atoms with Crippen molar-refractivity contribution in [2.45, 2.75) is 30.5 Å². The number of pyridine rings is 1. The molecule has 0 saturated heterocycles. The van der Waals surface area contributed by atoms with Gasteiger partial charge in [0, 0.05) is 18.9 Å². The van der Waals surface area contributed by atoms with Crippen LogP contribution in [0.15, 0.2) is 24.5 Å². The van der Waals surface area contributed by atoms with Crippen molar-refractivity contribution in [3.05, 3.63) is 30.1 Å². The maximum Gasteiger partial charge on any atom is 0.460 e. The van der Waals surface area contributed by atoms with E-state index in [2.05, 4.69) is 4.98 Å². The molecule has 0 fully saturated rings. The third-order valence-electron chi connectivity index (χ3n) is 2.63. The summed E-state index contributed by atoms with van der Waals surface area (Å²) < 4.78 is 113. The van der Waals surface area contributed by atoms with Crippen molar-refractivity contribution < 1.29 is 44.3 Å². The maximum atomic E-state index is 13.2. The van der Waals surface area contributed by atoms with Gasteiger partial charge < -0.3 is 5.32 Å². The fourth-order valence-corrected chi connectivity index (χ4v) is 1.31. The molecule has 1 aromatic heterocycles. The Morgan fingerprint density at radius 2 is 1.39 bits per heavy atom. The molecule has 0 aliphatic heterocycles. The Morgan fingerprint density at radius 1 is 0.913 bits per heavy atom. The van der Waals surface area contributed by atoms with Gasteiger partial charge in [0.2, 0.25) is 0 Å². The Balaban J connectivity index is 2.97. The van der Waals surface area contributed by atoms with Crippen molar-refractivity contribution in [1.82, 2.24) is 10.3 Å². The molecule has 12 heteroatoms. The summed E-state index contributed by atoms with van der Waals surface area (Å²) >= 11 is 0. The minimum atomic E-state index is -7.10. The molecule has 0 unspecified atom stereocenters. The lowest BCUT2D eigenvalue weighted by molar-refractivity contribution is -0.388. The second-order valence-corrected chi connectivity index (χ2v) is 4.26. The number of nitrogens with zero attached hydrogens (tertiary/aromatic N) is 1. The lowest BCUT2D eigenvalue weighted by atomic mass is 10.0. The number of amides is 1. The van der Waals surface area contributed by atoms with Crippen LogP contribution in [0.2, 0.25) is 0 Å². The van der Waals surface area contributed by atoms with Crippen molar-refractivity contribution in [3.63, 3.8) is 0 Å². The summed E-state index contributed by atoms with van der Waals surface area (Å²) in [6, 6.07) is 2.34. The van der Waals surface area contributed by atoms with E-state index in [0.717, 1.165) is 12.4 Å². The van der Waals surface area contributed by atoms with Crippen LogP contribution in [-0.4, -0.2) is 34.8 Å². The number of carbonyl (C=O) groups excluding carboxylic acids is 1. The molecule has 130 valence electrons. The highest BCUT2D eigenvalue weighted by molar-refractivity contribution is 5.84. The van der Waals surface area contributed by atoms with Crippen molar-refractivity contribution >= 4 is 5.91 Å². The van der Waals surface area contributed by atoms with Crippen LogP contribution in [0.4, 0.5) is 39.5 Å². The SMILES string of the molecule is O=C(NCc1ccncc1)C(F)(F)C(F)(F)C(F)(F)C(F)(F)F. The van der Waals surface area contributed by atoms with E-state index >= 15 is 0 Å². The summed E-state index contributed by atoms with van der Waals surface area (Å²) in [5, 5.41) is 1.17. The number of nitrogens with one attached hydrogen (secondary N) is 1. The number of carbonyl (C=O) groups is 1. The second kappa shape index (κ2) is 5.89. The third kappa shape index (κ3) is 3.34. The molecule has 0 saturated carbocycles. The van der Waals surface area contributed by atoms with Gasteiger partial charge in [0.05, 0.1) is 0 Å². The van der Waals surface area contributed by atoms with Crippen molar-refractivity contribution in [3.8, 4) is 0 Å². The zero-order chi connectivity index (χ0) is 18.1. The minimum Gasteiger partial charge on any atom is -0.347 e. The van der Waals surface area contributed by atoms with Crippen molar-refractivity contribution in [2.75, 3.05) is 0 Å². The molecule has 1 heterocycles. The highest BCUT2D eigenvalue weighted by Crippen LogP contribution is 2.53. The first-order valence-corrected chi connectivity index (χ1v) is 5.62. The molecule has 1 rings (SSSR count). The van der Waals surface area contributed by atoms with E-state index in [9.17, 15) is 44.3 Å². The predicted octanol–water partition coefficient (Wildman–Crippen LogP) is 3.17. The Bertz CT molecular complexity index is 556. The molecule has 0 spiro atoms. The third-order valence-corrected chi connectivity index (χ3v) is 2.63. The van der Waals surface area contributed by atoms with E-state index in [1.807, 2.05) is 0 Å². The van der Waals surface area contributed by atoms with Gasteiger partial charge in [-0.25, -0.2) is 0 Å². The summed E-state index contributed by atoms with van der Waals surface area (Å²) in [5.41, 5.74) is 0.0787. The molecule has 0 aromatic carbocycles. The predicted molar refractivity (Wildman–Crippen MR) is 57.0 cm³/mol. The first kappa shape index (κ1) is 19.0. The quantitative estimate of drug-likeness (QED) is 0.826.